The van der Waals surface area contributed by atoms with E-state index in [1.54, 1.807) is 12.0 Å². The molecule has 0 aliphatic heterocycles. The van der Waals surface area contributed by atoms with Gasteiger partial charge in [0.25, 0.3) is 0 Å². The predicted octanol–water partition coefficient (Wildman–Crippen LogP) is 9.56. The number of benzene rings is 1. The molecule has 8 atom stereocenters. The van der Waals surface area contributed by atoms with Crippen molar-refractivity contribution in [1.29, 1.82) is 0 Å². The van der Waals surface area contributed by atoms with Crippen LogP contribution in [0.1, 0.15) is 116 Å². The van der Waals surface area contributed by atoms with E-state index < -0.39 is 10.0 Å². The minimum Gasteiger partial charge on any atom is -0.240 e. The smallest absolute Gasteiger partial charge is 0.00572 e. The van der Waals surface area contributed by atoms with Crippen molar-refractivity contribution in [3.05, 3.63) is 35.4 Å². The van der Waals surface area contributed by atoms with Gasteiger partial charge < -0.3 is 0 Å². The summed E-state index contributed by atoms with van der Waals surface area (Å²) in [5, 5.41) is 2.01. The molecule has 188 valence electrons. The molecule has 0 spiro atoms. The van der Waals surface area contributed by atoms with Gasteiger partial charge in [-0.1, -0.05) is 91.5 Å². The largest absolute Gasteiger partial charge is 0.240 e. The summed E-state index contributed by atoms with van der Waals surface area (Å²) in [7, 11) is -0.597. The molecule has 3 aliphatic carbocycles. The van der Waals surface area contributed by atoms with E-state index >= 15 is 0 Å². The van der Waals surface area contributed by atoms with Gasteiger partial charge in [0, 0.05) is 0 Å². The lowest BCUT2D eigenvalue weighted by Gasteiger charge is -2.51. The number of unbranched alkanes of at least 4 members (excludes halogenated alkanes) is 1. The molecule has 3 saturated carbocycles. The molecule has 0 aromatic heterocycles. The third kappa shape index (κ3) is 5.10. The van der Waals surface area contributed by atoms with Gasteiger partial charge in [0.1, 0.15) is 0 Å². The summed E-state index contributed by atoms with van der Waals surface area (Å²) in [6.07, 6.45) is 18.8. The van der Waals surface area contributed by atoms with Gasteiger partial charge in [-0.25, -0.2) is 10.0 Å². The van der Waals surface area contributed by atoms with E-state index in [1.807, 2.05) is 0 Å². The molecular weight excluding hydrogens is 416 g/mol. The molecule has 1 aromatic rings. The average Bonchev–Trinajstić information content (AvgIpc) is 3.31. The van der Waals surface area contributed by atoms with Crippen LogP contribution in [0.2, 0.25) is 0 Å². The molecule has 0 N–H and O–H groups in total. The molecule has 8 unspecified atom stereocenters. The van der Waals surface area contributed by atoms with Crippen molar-refractivity contribution < 1.29 is 0 Å². The monoisotopic (exact) mass is 470 g/mol. The van der Waals surface area contributed by atoms with E-state index in [-0.39, 0.29) is 5.41 Å². The molecule has 0 amide bonds. The Morgan fingerprint density at radius 1 is 0.879 bits per heavy atom. The fourth-order valence-corrected chi connectivity index (χ4v) is 13.9. The molecule has 3 fully saturated rings. The molecule has 0 saturated heterocycles. The van der Waals surface area contributed by atoms with Crippen LogP contribution in [0, 0.1) is 29.6 Å². The number of hydrogen-bond acceptors (Lipinski definition) is 0. The van der Waals surface area contributed by atoms with E-state index in [4.69, 9.17) is 0 Å². The topological polar surface area (TPSA) is 0 Å². The molecule has 1 aromatic carbocycles. The first-order valence-corrected chi connectivity index (χ1v) is 16.9. The Balaban J connectivity index is 1.53. The van der Waals surface area contributed by atoms with Crippen LogP contribution in [0.5, 0.6) is 0 Å². The van der Waals surface area contributed by atoms with Crippen LogP contribution in [0.25, 0.3) is 0 Å². The standard InChI is InChI=1S/C32H54S/c1-9-10-12-24-19-22(2)30(21-24)33(7,8)31-23(3)20-29-27(13-11-14-28(29)31)25-15-17-26(18-16-25)32(4,5)6/h15-18,22-24,27-31H,9-14,19-21H2,1-8H3. The highest BCUT2D eigenvalue weighted by Gasteiger charge is 2.53. The Bertz CT molecular complexity index is 769. The molecule has 0 radical (unpaired) electrons. The van der Waals surface area contributed by atoms with Crippen molar-refractivity contribution in [3.8, 4) is 0 Å². The van der Waals surface area contributed by atoms with Crippen LogP contribution in [-0.2, 0) is 5.41 Å². The van der Waals surface area contributed by atoms with Crippen molar-refractivity contribution >= 4 is 10.0 Å². The average molecular weight is 471 g/mol. The molecule has 0 nitrogen and oxygen atoms in total. The highest BCUT2D eigenvalue weighted by Crippen LogP contribution is 2.68. The Morgan fingerprint density at radius 3 is 2.21 bits per heavy atom. The zero-order chi connectivity index (χ0) is 24.0. The van der Waals surface area contributed by atoms with Gasteiger partial charge in [0.2, 0.25) is 0 Å². The SMILES string of the molecule is CCCCC1CC(C)C(S(C)(C)C2C(C)CC3C(c4ccc(C(C)(C)C)cc4)CCCC32)C1. The summed E-state index contributed by atoms with van der Waals surface area (Å²) >= 11 is 0. The Morgan fingerprint density at radius 2 is 1.58 bits per heavy atom. The fraction of sp³-hybridized carbons (Fsp3) is 0.812. The first kappa shape index (κ1) is 25.7. The summed E-state index contributed by atoms with van der Waals surface area (Å²) < 4.78 is 0. The van der Waals surface area contributed by atoms with Gasteiger partial charge in [-0.15, -0.1) is 0 Å². The molecule has 1 heteroatoms. The summed E-state index contributed by atoms with van der Waals surface area (Å²) in [4.78, 5) is 0. The van der Waals surface area contributed by atoms with Gasteiger partial charge >= 0.3 is 0 Å². The quantitative estimate of drug-likeness (QED) is 0.388. The van der Waals surface area contributed by atoms with Crippen molar-refractivity contribution in [2.75, 3.05) is 12.5 Å². The third-order valence-corrected chi connectivity index (χ3v) is 14.7. The highest BCUT2D eigenvalue weighted by atomic mass is 32.3. The van der Waals surface area contributed by atoms with E-state index in [0.29, 0.717) is 0 Å². The van der Waals surface area contributed by atoms with Crippen molar-refractivity contribution in [3.63, 3.8) is 0 Å². The van der Waals surface area contributed by atoms with Gasteiger partial charge in [-0.3, -0.25) is 0 Å². The highest BCUT2D eigenvalue weighted by molar-refractivity contribution is 8.33. The predicted molar refractivity (Wildman–Crippen MR) is 151 cm³/mol. The van der Waals surface area contributed by atoms with Crippen LogP contribution in [-0.4, -0.2) is 23.0 Å². The van der Waals surface area contributed by atoms with Crippen LogP contribution >= 0.6 is 10.0 Å². The summed E-state index contributed by atoms with van der Waals surface area (Å²) in [6.45, 7) is 14.6. The second-order valence-corrected chi connectivity index (χ2v) is 18.0. The third-order valence-electron chi connectivity index (χ3n) is 10.3. The van der Waals surface area contributed by atoms with Gasteiger partial charge in [0.15, 0.2) is 0 Å². The fourth-order valence-electron chi connectivity index (χ4n) is 8.84. The van der Waals surface area contributed by atoms with Crippen LogP contribution in [0.15, 0.2) is 24.3 Å². The lowest BCUT2D eigenvalue weighted by Crippen LogP contribution is -2.37. The van der Waals surface area contributed by atoms with Gasteiger partial charge in [-0.2, -0.15) is 0 Å². The maximum atomic E-state index is 2.78. The van der Waals surface area contributed by atoms with Crippen molar-refractivity contribution in [1.82, 2.24) is 0 Å². The van der Waals surface area contributed by atoms with Gasteiger partial charge in [0.05, 0.1) is 0 Å². The maximum Gasteiger partial charge on any atom is -0.00572 e. The summed E-state index contributed by atoms with van der Waals surface area (Å²) in [6, 6.07) is 9.86. The first-order valence-electron chi connectivity index (χ1n) is 14.4. The lowest BCUT2D eigenvalue weighted by molar-refractivity contribution is 0.240. The number of hydrogen-bond donors (Lipinski definition) is 0. The molecule has 0 heterocycles. The molecular formula is C32H54S. The molecule has 3 aliphatic rings. The van der Waals surface area contributed by atoms with E-state index in [2.05, 4.69) is 78.3 Å². The second kappa shape index (κ2) is 9.91. The maximum absolute atomic E-state index is 2.78. The molecule has 33 heavy (non-hydrogen) atoms. The zero-order valence-electron chi connectivity index (χ0n) is 23.2. The van der Waals surface area contributed by atoms with Gasteiger partial charge in [-0.05, 0) is 107 Å². The zero-order valence-corrected chi connectivity index (χ0v) is 24.0. The first-order chi connectivity index (χ1) is 15.5. The van der Waals surface area contributed by atoms with E-state index in [9.17, 15) is 0 Å². The van der Waals surface area contributed by atoms with E-state index in [0.717, 1.165) is 46.0 Å². The van der Waals surface area contributed by atoms with Crippen LogP contribution in [0.4, 0.5) is 0 Å². The molecule has 0 bridgehead atoms. The number of fused-ring (bicyclic) bond motifs is 1. The second-order valence-electron chi connectivity index (χ2n) is 13.9. The Kier molecular flexibility index (Phi) is 7.70. The van der Waals surface area contributed by atoms with E-state index in [1.165, 1.54) is 56.9 Å². The summed E-state index contributed by atoms with van der Waals surface area (Å²) in [5.41, 5.74) is 3.38. The van der Waals surface area contributed by atoms with Crippen molar-refractivity contribution in [2.45, 2.75) is 121 Å². The minimum absolute atomic E-state index is 0.251. The Hall–Kier alpha value is -0.430. The van der Waals surface area contributed by atoms with Crippen molar-refractivity contribution in [2.24, 2.45) is 29.6 Å². The minimum atomic E-state index is -0.597. The Labute approximate surface area is 208 Å². The normalized spacial score (nSPS) is 37.8. The molecule has 4 rings (SSSR count). The van der Waals surface area contributed by atoms with Crippen LogP contribution < -0.4 is 0 Å². The van der Waals surface area contributed by atoms with Crippen LogP contribution in [0.3, 0.4) is 0 Å². The lowest BCUT2D eigenvalue weighted by atomic mass is 9.70. The summed E-state index contributed by atoms with van der Waals surface area (Å²) in [5.74, 6) is 5.60. The number of rotatable bonds is 6.